The quantitative estimate of drug-likeness (QED) is 0.794. The molecule has 0 fully saturated rings. The van der Waals surface area contributed by atoms with Gasteiger partial charge < -0.3 is 9.67 Å². The van der Waals surface area contributed by atoms with Crippen LogP contribution in [0.2, 0.25) is 0 Å². The molecule has 0 aliphatic heterocycles. The second-order valence-corrected chi connectivity index (χ2v) is 4.86. The van der Waals surface area contributed by atoms with E-state index in [-0.39, 0.29) is 5.82 Å². The standard InChI is InChI=1S/C16H15FN2O/c1-19-9-8-18-16(19)10-15(20)13-6-7-14(17)12-5-3-2-4-11(12)13/h2-9,15,20H,10H2,1H3. The fourth-order valence-corrected chi connectivity index (χ4v) is 2.45. The Balaban J connectivity index is 2.02. The first-order valence-electron chi connectivity index (χ1n) is 6.48. The van der Waals surface area contributed by atoms with Gasteiger partial charge in [-0.05, 0) is 17.0 Å². The SMILES string of the molecule is Cn1ccnc1CC(O)c1ccc(F)c2ccccc12. The molecule has 102 valence electrons. The Bertz CT molecular complexity index is 751. The molecule has 0 aliphatic rings. The molecular formula is C16H15FN2O. The second kappa shape index (κ2) is 5.06. The number of aliphatic hydroxyl groups excluding tert-OH is 1. The van der Waals surface area contributed by atoms with Gasteiger partial charge in [-0.25, -0.2) is 9.37 Å². The van der Waals surface area contributed by atoms with Crippen molar-refractivity contribution in [2.45, 2.75) is 12.5 Å². The number of aryl methyl sites for hydroxylation is 1. The van der Waals surface area contributed by atoms with E-state index in [4.69, 9.17) is 0 Å². The number of benzene rings is 2. The number of rotatable bonds is 3. The third-order valence-electron chi connectivity index (χ3n) is 3.56. The predicted molar refractivity (Wildman–Crippen MR) is 75.8 cm³/mol. The van der Waals surface area contributed by atoms with Crippen LogP contribution in [0.4, 0.5) is 4.39 Å². The minimum atomic E-state index is -0.707. The van der Waals surface area contributed by atoms with Crippen molar-refractivity contribution in [2.24, 2.45) is 7.05 Å². The van der Waals surface area contributed by atoms with Crippen LogP contribution in [0, 0.1) is 5.82 Å². The van der Waals surface area contributed by atoms with Crippen molar-refractivity contribution in [1.29, 1.82) is 0 Å². The molecule has 0 radical (unpaired) electrons. The number of nitrogens with zero attached hydrogens (tertiary/aromatic N) is 2. The molecule has 0 amide bonds. The summed E-state index contributed by atoms with van der Waals surface area (Å²) in [7, 11) is 1.89. The van der Waals surface area contributed by atoms with Crippen LogP contribution in [-0.4, -0.2) is 14.7 Å². The van der Waals surface area contributed by atoms with Gasteiger partial charge in [-0.15, -0.1) is 0 Å². The molecule has 3 rings (SSSR count). The summed E-state index contributed by atoms with van der Waals surface area (Å²) in [5, 5.41) is 11.7. The number of hydrogen-bond acceptors (Lipinski definition) is 2. The van der Waals surface area contributed by atoms with Crippen molar-refractivity contribution in [1.82, 2.24) is 9.55 Å². The van der Waals surface area contributed by atoms with Crippen LogP contribution in [0.25, 0.3) is 10.8 Å². The average molecular weight is 270 g/mol. The van der Waals surface area contributed by atoms with E-state index in [2.05, 4.69) is 4.98 Å². The van der Waals surface area contributed by atoms with Crippen molar-refractivity contribution in [3.8, 4) is 0 Å². The lowest BCUT2D eigenvalue weighted by Gasteiger charge is -2.14. The van der Waals surface area contributed by atoms with E-state index in [1.54, 1.807) is 24.4 Å². The predicted octanol–water partition coefficient (Wildman–Crippen LogP) is 2.99. The summed E-state index contributed by atoms with van der Waals surface area (Å²) in [6, 6.07) is 10.2. The van der Waals surface area contributed by atoms with Crippen molar-refractivity contribution in [3.05, 3.63) is 66.0 Å². The second-order valence-electron chi connectivity index (χ2n) is 4.86. The summed E-state index contributed by atoms with van der Waals surface area (Å²) in [5.74, 6) is 0.527. The molecule has 20 heavy (non-hydrogen) atoms. The monoisotopic (exact) mass is 270 g/mol. The molecule has 1 N–H and O–H groups in total. The molecule has 0 aliphatic carbocycles. The van der Waals surface area contributed by atoms with E-state index in [1.807, 2.05) is 29.9 Å². The molecule has 3 aromatic rings. The molecule has 1 atom stereocenters. The highest BCUT2D eigenvalue weighted by molar-refractivity contribution is 5.86. The molecule has 0 saturated carbocycles. The lowest BCUT2D eigenvalue weighted by atomic mass is 9.98. The van der Waals surface area contributed by atoms with Gasteiger partial charge in [-0.1, -0.05) is 30.3 Å². The first kappa shape index (κ1) is 12.8. The van der Waals surface area contributed by atoms with Crippen molar-refractivity contribution in [2.75, 3.05) is 0 Å². The summed E-state index contributed by atoms with van der Waals surface area (Å²) in [6.07, 6.45) is 3.23. The van der Waals surface area contributed by atoms with Gasteiger partial charge in [-0.2, -0.15) is 0 Å². The lowest BCUT2D eigenvalue weighted by Crippen LogP contribution is -2.07. The van der Waals surface area contributed by atoms with Gasteiger partial charge >= 0.3 is 0 Å². The van der Waals surface area contributed by atoms with E-state index < -0.39 is 6.10 Å². The Morgan fingerprint density at radius 2 is 1.95 bits per heavy atom. The first-order valence-corrected chi connectivity index (χ1v) is 6.48. The van der Waals surface area contributed by atoms with Crippen molar-refractivity contribution >= 4 is 10.8 Å². The highest BCUT2D eigenvalue weighted by atomic mass is 19.1. The maximum absolute atomic E-state index is 13.8. The normalized spacial score (nSPS) is 12.8. The van der Waals surface area contributed by atoms with E-state index >= 15 is 0 Å². The number of aliphatic hydroxyl groups is 1. The highest BCUT2D eigenvalue weighted by Gasteiger charge is 2.15. The smallest absolute Gasteiger partial charge is 0.131 e. The lowest BCUT2D eigenvalue weighted by molar-refractivity contribution is 0.176. The fraction of sp³-hybridized carbons (Fsp3) is 0.188. The summed E-state index contributed by atoms with van der Waals surface area (Å²) < 4.78 is 15.6. The summed E-state index contributed by atoms with van der Waals surface area (Å²) in [4.78, 5) is 4.21. The van der Waals surface area contributed by atoms with E-state index in [0.717, 1.165) is 16.8 Å². The van der Waals surface area contributed by atoms with Gasteiger partial charge in [0.15, 0.2) is 0 Å². The number of imidazole rings is 1. The Kier molecular flexibility index (Phi) is 3.24. The third kappa shape index (κ3) is 2.18. The summed E-state index contributed by atoms with van der Waals surface area (Å²) >= 11 is 0. The van der Waals surface area contributed by atoms with Gasteiger partial charge in [0, 0.05) is 31.2 Å². The number of fused-ring (bicyclic) bond motifs is 1. The molecule has 1 heterocycles. The highest BCUT2D eigenvalue weighted by Crippen LogP contribution is 2.28. The van der Waals surface area contributed by atoms with Crippen LogP contribution in [0.3, 0.4) is 0 Å². The minimum absolute atomic E-state index is 0.270. The van der Waals surface area contributed by atoms with Crippen LogP contribution in [0.15, 0.2) is 48.8 Å². The topological polar surface area (TPSA) is 38.0 Å². The van der Waals surface area contributed by atoms with Crippen LogP contribution in [-0.2, 0) is 13.5 Å². The maximum Gasteiger partial charge on any atom is 0.131 e. The van der Waals surface area contributed by atoms with Crippen LogP contribution in [0.5, 0.6) is 0 Å². The van der Waals surface area contributed by atoms with Gasteiger partial charge in [0.05, 0.1) is 6.10 Å². The number of aromatic nitrogens is 2. The summed E-state index contributed by atoms with van der Waals surface area (Å²) in [6.45, 7) is 0. The minimum Gasteiger partial charge on any atom is -0.388 e. The molecule has 1 unspecified atom stereocenters. The fourth-order valence-electron chi connectivity index (χ4n) is 2.45. The van der Waals surface area contributed by atoms with Crippen molar-refractivity contribution < 1.29 is 9.50 Å². The largest absolute Gasteiger partial charge is 0.388 e. The van der Waals surface area contributed by atoms with E-state index in [1.165, 1.54) is 6.07 Å². The van der Waals surface area contributed by atoms with E-state index in [0.29, 0.717) is 11.8 Å². The van der Waals surface area contributed by atoms with Crippen molar-refractivity contribution in [3.63, 3.8) is 0 Å². The first-order chi connectivity index (χ1) is 9.66. The molecule has 3 nitrogen and oxygen atoms in total. The molecule has 2 aromatic carbocycles. The van der Waals surface area contributed by atoms with Crippen LogP contribution >= 0.6 is 0 Å². The van der Waals surface area contributed by atoms with Crippen LogP contribution < -0.4 is 0 Å². The maximum atomic E-state index is 13.8. The Labute approximate surface area is 116 Å². The zero-order chi connectivity index (χ0) is 14.1. The molecule has 1 aromatic heterocycles. The van der Waals surface area contributed by atoms with Gasteiger partial charge in [-0.3, -0.25) is 0 Å². The Hall–Kier alpha value is -2.20. The molecule has 4 heteroatoms. The number of hydrogen-bond donors (Lipinski definition) is 1. The zero-order valence-electron chi connectivity index (χ0n) is 11.1. The van der Waals surface area contributed by atoms with Crippen LogP contribution in [0.1, 0.15) is 17.5 Å². The Morgan fingerprint density at radius 1 is 1.20 bits per heavy atom. The molecular weight excluding hydrogens is 255 g/mol. The van der Waals surface area contributed by atoms with Gasteiger partial charge in [0.25, 0.3) is 0 Å². The Morgan fingerprint density at radius 3 is 2.65 bits per heavy atom. The zero-order valence-corrected chi connectivity index (χ0v) is 11.1. The molecule has 0 spiro atoms. The molecule has 0 saturated heterocycles. The average Bonchev–Trinajstić information content (AvgIpc) is 2.85. The molecule has 0 bridgehead atoms. The van der Waals surface area contributed by atoms with E-state index in [9.17, 15) is 9.50 Å². The third-order valence-corrected chi connectivity index (χ3v) is 3.56. The van der Waals surface area contributed by atoms with Gasteiger partial charge in [0.1, 0.15) is 11.6 Å². The number of halogens is 1. The van der Waals surface area contributed by atoms with Gasteiger partial charge in [0.2, 0.25) is 0 Å². The summed E-state index contributed by atoms with van der Waals surface area (Å²) in [5.41, 5.74) is 0.727.